The zero-order valence-electron chi connectivity index (χ0n) is 15.8. The van der Waals surface area contributed by atoms with E-state index in [1.165, 1.54) is 17.8 Å². The van der Waals surface area contributed by atoms with Gasteiger partial charge in [0, 0.05) is 17.3 Å². The second-order valence-corrected chi connectivity index (χ2v) is 7.68. The molecule has 0 aliphatic rings. The summed E-state index contributed by atoms with van der Waals surface area (Å²) in [6, 6.07) is 10.7. The van der Waals surface area contributed by atoms with Crippen LogP contribution < -0.4 is 4.74 Å². The first kappa shape index (κ1) is 21.5. The lowest BCUT2D eigenvalue weighted by Gasteiger charge is -2.10. The quantitative estimate of drug-likeness (QED) is 0.412. The van der Waals surface area contributed by atoms with Gasteiger partial charge >= 0.3 is 6.18 Å². The van der Waals surface area contributed by atoms with Gasteiger partial charge in [-0.15, -0.1) is 10.2 Å². The van der Waals surface area contributed by atoms with Gasteiger partial charge in [-0.05, 0) is 49.2 Å². The molecule has 0 saturated carbocycles. The van der Waals surface area contributed by atoms with Crippen molar-refractivity contribution < 1.29 is 17.9 Å². The molecule has 4 nitrogen and oxygen atoms in total. The molecule has 9 heteroatoms. The summed E-state index contributed by atoms with van der Waals surface area (Å²) in [6.45, 7) is 4.70. The van der Waals surface area contributed by atoms with Crippen LogP contribution in [0.4, 0.5) is 13.2 Å². The summed E-state index contributed by atoms with van der Waals surface area (Å²) in [6.07, 6.45) is -4.35. The molecule has 0 amide bonds. The number of aromatic nitrogens is 3. The maximum Gasteiger partial charge on any atom is 0.416 e. The third-order valence-corrected chi connectivity index (χ3v) is 5.69. The normalized spacial score (nSPS) is 11.7. The van der Waals surface area contributed by atoms with E-state index in [0.717, 1.165) is 17.7 Å². The van der Waals surface area contributed by atoms with Gasteiger partial charge < -0.3 is 9.30 Å². The lowest BCUT2D eigenvalue weighted by atomic mass is 10.1. The standard InChI is InChI=1S/C20H19ClF3N3OS/c1-3-27-18(11-28-16-7-8-17(21)13(2)9-16)25-26-19(27)29-12-14-5-4-6-15(10-14)20(22,23)24/h4-10H,3,11-12H2,1-2H3. The molecule has 2 aromatic carbocycles. The molecule has 1 aromatic heterocycles. The van der Waals surface area contributed by atoms with Crippen LogP contribution in [0, 0.1) is 6.92 Å². The maximum absolute atomic E-state index is 12.9. The lowest BCUT2D eigenvalue weighted by molar-refractivity contribution is -0.137. The molecule has 0 aliphatic carbocycles. The summed E-state index contributed by atoms with van der Waals surface area (Å²) < 4.78 is 46.3. The minimum absolute atomic E-state index is 0.228. The molecule has 3 aromatic rings. The Morgan fingerprint density at radius 3 is 2.62 bits per heavy atom. The van der Waals surface area contributed by atoms with E-state index in [4.69, 9.17) is 16.3 Å². The summed E-state index contributed by atoms with van der Waals surface area (Å²) in [5.74, 6) is 1.68. The largest absolute Gasteiger partial charge is 0.486 e. The highest BCUT2D eigenvalue weighted by molar-refractivity contribution is 7.98. The van der Waals surface area contributed by atoms with Crippen LogP contribution in [0.25, 0.3) is 0 Å². The van der Waals surface area contributed by atoms with Crippen molar-refractivity contribution in [3.8, 4) is 5.75 Å². The molecule has 0 unspecified atom stereocenters. The number of thioether (sulfide) groups is 1. The molecular formula is C20H19ClF3N3OS. The van der Waals surface area contributed by atoms with E-state index in [2.05, 4.69) is 10.2 Å². The van der Waals surface area contributed by atoms with Crippen molar-refractivity contribution in [3.63, 3.8) is 0 Å². The Hall–Kier alpha value is -2.19. The van der Waals surface area contributed by atoms with E-state index in [9.17, 15) is 13.2 Å². The summed E-state index contributed by atoms with van der Waals surface area (Å²) in [5.41, 5.74) is 0.836. The smallest absolute Gasteiger partial charge is 0.416 e. The SMILES string of the molecule is CCn1c(COc2ccc(Cl)c(C)c2)nnc1SCc1cccc(C(F)(F)F)c1. The van der Waals surface area contributed by atoms with Gasteiger partial charge in [-0.3, -0.25) is 0 Å². The van der Waals surface area contributed by atoms with E-state index in [1.807, 2.05) is 24.5 Å². The van der Waals surface area contributed by atoms with E-state index in [1.54, 1.807) is 18.2 Å². The van der Waals surface area contributed by atoms with Crippen molar-refractivity contribution in [2.45, 2.75) is 44.1 Å². The van der Waals surface area contributed by atoms with Crippen LogP contribution in [0.3, 0.4) is 0 Å². The number of nitrogens with zero attached hydrogens (tertiary/aromatic N) is 3. The first-order valence-electron chi connectivity index (χ1n) is 8.88. The molecule has 154 valence electrons. The highest BCUT2D eigenvalue weighted by atomic mass is 35.5. The van der Waals surface area contributed by atoms with Crippen LogP contribution in [0.1, 0.15) is 29.4 Å². The Kier molecular flexibility index (Phi) is 6.74. The molecule has 0 N–H and O–H groups in total. The van der Waals surface area contributed by atoms with E-state index < -0.39 is 11.7 Å². The molecule has 0 aliphatic heterocycles. The Morgan fingerprint density at radius 2 is 1.93 bits per heavy atom. The molecule has 0 radical (unpaired) electrons. The third kappa shape index (κ3) is 5.45. The molecule has 0 bridgehead atoms. The number of rotatable bonds is 7. The number of benzene rings is 2. The predicted molar refractivity (Wildman–Crippen MR) is 107 cm³/mol. The molecule has 0 atom stereocenters. The summed E-state index contributed by atoms with van der Waals surface area (Å²) in [5, 5.41) is 9.65. The van der Waals surface area contributed by atoms with E-state index in [-0.39, 0.29) is 6.61 Å². The summed E-state index contributed by atoms with van der Waals surface area (Å²) >= 11 is 7.36. The topological polar surface area (TPSA) is 39.9 Å². The number of ether oxygens (including phenoxy) is 1. The second kappa shape index (κ2) is 9.09. The van der Waals surface area contributed by atoms with Crippen LogP contribution in [-0.2, 0) is 25.1 Å². The fraction of sp³-hybridized carbons (Fsp3) is 0.300. The minimum Gasteiger partial charge on any atom is -0.486 e. The van der Waals surface area contributed by atoms with Crippen LogP contribution in [-0.4, -0.2) is 14.8 Å². The highest BCUT2D eigenvalue weighted by Gasteiger charge is 2.30. The molecule has 3 rings (SSSR count). The van der Waals surface area contributed by atoms with Crippen molar-refractivity contribution in [1.82, 2.24) is 14.8 Å². The summed E-state index contributed by atoms with van der Waals surface area (Å²) in [7, 11) is 0. The average molecular weight is 442 g/mol. The minimum atomic E-state index is -4.35. The monoisotopic (exact) mass is 441 g/mol. The number of hydrogen-bond acceptors (Lipinski definition) is 4. The van der Waals surface area contributed by atoms with Gasteiger partial charge in [0.1, 0.15) is 12.4 Å². The van der Waals surface area contributed by atoms with Gasteiger partial charge in [-0.1, -0.05) is 41.6 Å². The van der Waals surface area contributed by atoms with E-state index in [0.29, 0.717) is 39.6 Å². The first-order valence-corrected chi connectivity index (χ1v) is 10.2. The molecular weight excluding hydrogens is 423 g/mol. The summed E-state index contributed by atoms with van der Waals surface area (Å²) in [4.78, 5) is 0. The zero-order valence-corrected chi connectivity index (χ0v) is 17.4. The van der Waals surface area contributed by atoms with Crippen molar-refractivity contribution in [2.24, 2.45) is 0 Å². The van der Waals surface area contributed by atoms with Gasteiger partial charge in [0.15, 0.2) is 11.0 Å². The fourth-order valence-electron chi connectivity index (χ4n) is 2.69. The van der Waals surface area contributed by atoms with Crippen LogP contribution in [0.5, 0.6) is 5.75 Å². The van der Waals surface area contributed by atoms with Crippen LogP contribution >= 0.6 is 23.4 Å². The molecule has 0 fully saturated rings. The van der Waals surface area contributed by atoms with Crippen molar-refractivity contribution in [3.05, 3.63) is 70.0 Å². The molecule has 0 spiro atoms. The van der Waals surface area contributed by atoms with Gasteiger partial charge in [0.2, 0.25) is 0 Å². The number of halogens is 4. The number of alkyl halides is 3. The van der Waals surface area contributed by atoms with Gasteiger partial charge in [0.05, 0.1) is 5.56 Å². The molecule has 1 heterocycles. The first-order chi connectivity index (χ1) is 13.8. The third-order valence-electron chi connectivity index (χ3n) is 4.23. The second-order valence-electron chi connectivity index (χ2n) is 6.33. The van der Waals surface area contributed by atoms with Crippen LogP contribution in [0.2, 0.25) is 5.02 Å². The maximum atomic E-state index is 12.9. The Morgan fingerprint density at radius 1 is 1.14 bits per heavy atom. The van der Waals surface area contributed by atoms with Crippen molar-refractivity contribution >= 4 is 23.4 Å². The van der Waals surface area contributed by atoms with Crippen LogP contribution in [0.15, 0.2) is 47.6 Å². The Bertz CT molecular complexity index is 991. The average Bonchev–Trinajstić information content (AvgIpc) is 3.08. The van der Waals surface area contributed by atoms with Gasteiger partial charge in [-0.25, -0.2) is 0 Å². The number of hydrogen-bond donors (Lipinski definition) is 0. The molecule has 0 saturated heterocycles. The fourth-order valence-corrected chi connectivity index (χ4v) is 3.77. The van der Waals surface area contributed by atoms with Gasteiger partial charge in [-0.2, -0.15) is 13.2 Å². The van der Waals surface area contributed by atoms with Gasteiger partial charge in [0.25, 0.3) is 0 Å². The Balaban J connectivity index is 1.67. The van der Waals surface area contributed by atoms with E-state index >= 15 is 0 Å². The lowest BCUT2D eigenvalue weighted by Crippen LogP contribution is -2.07. The zero-order chi connectivity index (χ0) is 21.0. The molecule has 29 heavy (non-hydrogen) atoms. The Labute approximate surface area is 176 Å². The predicted octanol–water partition coefficient (Wildman–Crippen LogP) is 6.15. The number of aryl methyl sites for hydroxylation is 1. The highest BCUT2D eigenvalue weighted by Crippen LogP contribution is 2.31. The van der Waals surface area contributed by atoms with Crippen molar-refractivity contribution in [1.29, 1.82) is 0 Å². The van der Waals surface area contributed by atoms with Crippen molar-refractivity contribution in [2.75, 3.05) is 0 Å².